The van der Waals surface area contributed by atoms with Crippen LogP contribution in [0.1, 0.15) is 12.7 Å². The maximum atomic E-state index is 9.35. The van der Waals surface area contributed by atoms with Crippen molar-refractivity contribution in [2.75, 3.05) is 7.11 Å². The number of methoxy groups -OCH3 is 1. The minimum atomic E-state index is -0.441. The summed E-state index contributed by atoms with van der Waals surface area (Å²) in [6.45, 7) is 1.72. The molecule has 1 atom stereocenters. The van der Waals surface area contributed by atoms with Crippen LogP contribution in [0.25, 0.3) is 5.52 Å². The second kappa shape index (κ2) is 4.31. The van der Waals surface area contributed by atoms with Gasteiger partial charge in [-0.05, 0) is 13.0 Å². The van der Waals surface area contributed by atoms with Crippen LogP contribution >= 0.6 is 11.6 Å². The van der Waals surface area contributed by atoms with Gasteiger partial charge in [0.05, 0.1) is 18.7 Å². The summed E-state index contributed by atoms with van der Waals surface area (Å²) in [4.78, 5) is 4.22. The highest BCUT2D eigenvalue weighted by Gasteiger charge is 2.11. The van der Waals surface area contributed by atoms with Crippen molar-refractivity contribution in [1.82, 2.24) is 9.38 Å². The molecule has 16 heavy (non-hydrogen) atoms. The second-order valence-corrected chi connectivity index (χ2v) is 4.05. The maximum absolute atomic E-state index is 9.35. The minimum absolute atomic E-state index is 0.426. The van der Waals surface area contributed by atoms with Gasteiger partial charge < -0.3 is 14.2 Å². The Labute approximate surface area is 98.4 Å². The van der Waals surface area contributed by atoms with E-state index in [1.807, 2.05) is 22.7 Å². The normalized spacial score (nSPS) is 13.0. The number of rotatable bonds is 3. The van der Waals surface area contributed by atoms with Gasteiger partial charge in [0.25, 0.3) is 0 Å². The molecule has 0 fully saturated rings. The van der Waals surface area contributed by atoms with Crippen molar-refractivity contribution >= 4 is 17.1 Å². The molecule has 0 spiro atoms. The van der Waals surface area contributed by atoms with E-state index in [-0.39, 0.29) is 0 Å². The number of aliphatic hydroxyl groups excluding tert-OH is 1. The molecule has 0 saturated heterocycles. The zero-order valence-corrected chi connectivity index (χ0v) is 9.90. The molecule has 0 aliphatic heterocycles. The topological polar surface area (TPSA) is 46.8 Å². The first-order valence-corrected chi connectivity index (χ1v) is 5.38. The molecular weight excluding hydrogens is 228 g/mol. The summed E-state index contributed by atoms with van der Waals surface area (Å²) in [5.74, 6) is 1.48. The number of halogens is 1. The van der Waals surface area contributed by atoms with Crippen LogP contribution in [0.15, 0.2) is 18.3 Å². The van der Waals surface area contributed by atoms with Gasteiger partial charge in [0.1, 0.15) is 11.6 Å². The minimum Gasteiger partial charge on any atom is -0.497 e. The molecule has 4 nitrogen and oxygen atoms in total. The van der Waals surface area contributed by atoms with Crippen molar-refractivity contribution in [3.63, 3.8) is 0 Å². The summed E-state index contributed by atoms with van der Waals surface area (Å²) in [5.41, 5.74) is 0.789. The highest BCUT2D eigenvalue weighted by molar-refractivity contribution is 6.32. The van der Waals surface area contributed by atoms with E-state index in [1.165, 1.54) is 0 Å². The molecule has 0 aliphatic carbocycles. The lowest BCUT2D eigenvalue weighted by Gasteiger charge is -2.04. The van der Waals surface area contributed by atoms with Gasteiger partial charge in [0.15, 0.2) is 5.15 Å². The third kappa shape index (κ3) is 1.99. The van der Waals surface area contributed by atoms with Gasteiger partial charge in [-0.1, -0.05) is 11.6 Å². The van der Waals surface area contributed by atoms with Crippen LogP contribution in [-0.4, -0.2) is 27.7 Å². The largest absolute Gasteiger partial charge is 0.497 e. The number of aliphatic hydroxyl groups is 1. The van der Waals surface area contributed by atoms with Gasteiger partial charge in [0.2, 0.25) is 0 Å². The van der Waals surface area contributed by atoms with Crippen LogP contribution in [0, 0.1) is 0 Å². The van der Waals surface area contributed by atoms with Crippen molar-refractivity contribution in [3.8, 4) is 5.75 Å². The Morgan fingerprint density at radius 3 is 3.00 bits per heavy atom. The van der Waals surface area contributed by atoms with Crippen LogP contribution in [-0.2, 0) is 6.42 Å². The molecule has 0 radical (unpaired) electrons. The summed E-state index contributed by atoms with van der Waals surface area (Å²) in [6, 6.07) is 3.65. The highest BCUT2D eigenvalue weighted by Crippen LogP contribution is 2.23. The Bertz CT molecular complexity index is 508. The number of aromatic nitrogens is 2. The molecule has 0 amide bonds. The maximum Gasteiger partial charge on any atom is 0.155 e. The lowest BCUT2D eigenvalue weighted by Crippen LogP contribution is -2.07. The molecule has 86 valence electrons. The summed E-state index contributed by atoms with van der Waals surface area (Å²) in [7, 11) is 1.60. The molecule has 5 heteroatoms. The third-order valence-corrected chi connectivity index (χ3v) is 2.63. The first-order chi connectivity index (χ1) is 7.61. The zero-order chi connectivity index (χ0) is 11.7. The highest BCUT2D eigenvalue weighted by atomic mass is 35.5. The summed E-state index contributed by atoms with van der Waals surface area (Å²) in [6.07, 6.45) is 1.87. The second-order valence-electron chi connectivity index (χ2n) is 3.69. The van der Waals surface area contributed by atoms with Crippen molar-refractivity contribution in [2.45, 2.75) is 19.4 Å². The average molecular weight is 241 g/mol. The van der Waals surface area contributed by atoms with Crippen LogP contribution in [0.3, 0.4) is 0 Å². The molecular formula is C11H13ClN2O2. The van der Waals surface area contributed by atoms with E-state index in [0.717, 1.165) is 17.1 Å². The van der Waals surface area contributed by atoms with E-state index < -0.39 is 6.10 Å². The predicted molar refractivity (Wildman–Crippen MR) is 62.1 cm³/mol. The number of imidazole rings is 1. The molecule has 2 rings (SSSR count). The van der Waals surface area contributed by atoms with E-state index in [4.69, 9.17) is 16.3 Å². The monoisotopic (exact) mass is 240 g/mol. The Hall–Kier alpha value is -1.26. The summed E-state index contributed by atoms with van der Waals surface area (Å²) >= 11 is 6.02. The summed E-state index contributed by atoms with van der Waals surface area (Å²) in [5, 5.41) is 9.78. The fourth-order valence-corrected chi connectivity index (χ4v) is 1.87. The Kier molecular flexibility index (Phi) is 3.03. The molecule has 0 aromatic carbocycles. The number of ether oxygens (including phenoxy) is 1. The lowest BCUT2D eigenvalue weighted by molar-refractivity contribution is 0.192. The first kappa shape index (κ1) is 11.2. The zero-order valence-electron chi connectivity index (χ0n) is 9.14. The smallest absolute Gasteiger partial charge is 0.155 e. The van der Waals surface area contributed by atoms with Gasteiger partial charge in [-0.25, -0.2) is 4.98 Å². The Morgan fingerprint density at radius 1 is 1.62 bits per heavy atom. The van der Waals surface area contributed by atoms with E-state index in [0.29, 0.717) is 11.6 Å². The van der Waals surface area contributed by atoms with Crippen molar-refractivity contribution in [1.29, 1.82) is 0 Å². The Balaban J connectivity index is 2.53. The molecule has 1 unspecified atom stereocenters. The fourth-order valence-electron chi connectivity index (χ4n) is 1.62. The van der Waals surface area contributed by atoms with E-state index >= 15 is 0 Å². The van der Waals surface area contributed by atoms with Gasteiger partial charge in [-0.3, -0.25) is 0 Å². The van der Waals surface area contributed by atoms with Gasteiger partial charge in [0, 0.05) is 18.7 Å². The van der Waals surface area contributed by atoms with Crippen molar-refractivity contribution in [3.05, 3.63) is 29.3 Å². The number of fused-ring (bicyclic) bond motifs is 1. The van der Waals surface area contributed by atoms with Crippen LogP contribution in [0.2, 0.25) is 5.15 Å². The van der Waals surface area contributed by atoms with Gasteiger partial charge in [-0.15, -0.1) is 0 Å². The molecule has 2 aromatic heterocycles. The van der Waals surface area contributed by atoms with Crippen LogP contribution in [0.4, 0.5) is 0 Å². The lowest BCUT2D eigenvalue weighted by atomic mass is 10.3. The van der Waals surface area contributed by atoms with E-state index in [1.54, 1.807) is 14.0 Å². The fraction of sp³-hybridized carbons (Fsp3) is 0.364. The van der Waals surface area contributed by atoms with E-state index in [2.05, 4.69) is 4.98 Å². The van der Waals surface area contributed by atoms with E-state index in [9.17, 15) is 5.11 Å². The standard InChI is InChI=1S/C11H13ClN2O2/c1-7(15)5-10-13-11(12)9-6-8(16-2)3-4-14(9)10/h3-4,6-7,15H,5H2,1-2H3. The average Bonchev–Trinajstić information content (AvgIpc) is 2.54. The van der Waals surface area contributed by atoms with Crippen molar-refractivity contribution < 1.29 is 9.84 Å². The first-order valence-electron chi connectivity index (χ1n) is 5.00. The van der Waals surface area contributed by atoms with Gasteiger partial charge in [-0.2, -0.15) is 0 Å². The van der Waals surface area contributed by atoms with Gasteiger partial charge >= 0.3 is 0 Å². The molecule has 2 aromatic rings. The van der Waals surface area contributed by atoms with Crippen LogP contribution < -0.4 is 4.74 Å². The Morgan fingerprint density at radius 2 is 2.38 bits per heavy atom. The van der Waals surface area contributed by atoms with Crippen LogP contribution in [0.5, 0.6) is 5.75 Å². The predicted octanol–water partition coefficient (Wildman–Crippen LogP) is 1.92. The number of hydrogen-bond donors (Lipinski definition) is 1. The SMILES string of the molecule is COc1ccn2c(CC(C)O)nc(Cl)c2c1. The molecule has 0 saturated carbocycles. The third-order valence-electron chi connectivity index (χ3n) is 2.36. The quantitative estimate of drug-likeness (QED) is 0.892. The molecule has 1 N–H and O–H groups in total. The molecule has 0 aliphatic rings. The van der Waals surface area contributed by atoms with Crippen molar-refractivity contribution in [2.24, 2.45) is 0 Å². The number of pyridine rings is 1. The molecule has 0 bridgehead atoms. The molecule has 2 heterocycles. The summed E-state index contributed by atoms with van der Waals surface area (Å²) < 4.78 is 6.98. The number of nitrogens with zero attached hydrogens (tertiary/aromatic N) is 2. The number of hydrogen-bond acceptors (Lipinski definition) is 3.